The number of nitrogens with one attached hydrogen (secondary N) is 2. The van der Waals surface area contributed by atoms with E-state index >= 15 is 0 Å². The summed E-state index contributed by atoms with van der Waals surface area (Å²) < 4.78 is 0.332. The molecular weight excluding hydrogens is 340 g/mol. The Hall–Kier alpha value is -2.73. The zero-order valence-electron chi connectivity index (χ0n) is 12.4. The molecule has 0 unspecified atom stereocenters. The van der Waals surface area contributed by atoms with E-state index in [1.54, 1.807) is 0 Å². The predicted octanol–water partition coefficient (Wildman–Crippen LogP) is -1.84. The minimum atomic E-state index is -0.884. The summed E-state index contributed by atoms with van der Waals surface area (Å²) in [5.74, 6) is 5.01. The van der Waals surface area contributed by atoms with Crippen LogP contribution in [-0.4, -0.2) is 39.1 Å². The molecule has 1 amide bonds. The van der Waals surface area contributed by atoms with E-state index in [4.69, 9.17) is 21.6 Å². The number of amides is 1. The Bertz CT molecular complexity index is 779. The molecule has 1 atom stereocenters. The predicted molar refractivity (Wildman–Crippen MR) is 89.0 cm³/mol. The molecule has 12 nitrogen and oxygen atoms in total. The molecule has 13 heteroatoms. The normalized spacial score (nSPS) is 11.9. The van der Waals surface area contributed by atoms with E-state index in [0.717, 1.165) is 24.1 Å². The Labute approximate surface area is 139 Å². The Morgan fingerprint density at radius 2 is 2.29 bits per heavy atom. The number of azide groups is 1. The van der Waals surface area contributed by atoms with Gasteiger partial charge in [-0.3, -0.25) is 14.7 Å². The van der Waals surface area contributed by atoms with Crippen molar-refractivity contribution in [3.8, 4) is 0 Å². The standard InChI is InChI=1S/C11H16N8O4S/c12-18-15-3-8-7(10(22)19(13)11(23)17-8)1-2-9(21)16-6(4-20)5-24-14/h1-2,6,20H,3-5,13-14H2,(H,16,21)(H,17,23)/b2-1+/t6-/m0/s1. The number of nitrogens with two attached hydrogens (primary N) is 2. The third-order valence-corrected chi connectivity index (χ3v) is 3.40. The average Bonchev–Trinajstić information content (AvgIpc) is 2.56. The molecule has 0 bridgehead atoms. The third kappa shape index (κ3) is 5.17. The molecule has 0 saturated carbocycles. The Balaban J connectivity index is 3.10. The topological polar surface area (TPSA) is 205 Å². The van der Waals surface area contributed by atoms with E-state index in [2.05, 4.69) is 20.3 Å². The highest BCUT2D eigenvalue weighted by atomic mass is 32.2. The van der Waals surface area contributed by atoms with Crippen LogP contribution >= 0.6 is 11.9 Å². The molecular formula is C11H16N8O4S. The van der Waals surface area contributed by atoms with Crippen molar-refractivity contribution >= 4 is 23.9 Å². The molecule has 1 aromatic rings. The summed E-state index contributed by atoms with van der Waals surface area (Å²) in [5.41, 5.74) is 6.52. The van der Waals surface area contributed by atoms with Crippen LogP contribution in [0.3, 0.4) is 0 Å². The van der Waals surface area contributed by atoms with Crippen molar-refractivity contribution in [1.82, 2.24) is 15.0 Å². The van der Waals surface area contributed by atoms with Gasteiger partial charge in [-0.05, 0) is 11.6 Å². The minimum absolute atomic E-state index is 0.0183. The summed E-state index contributed by atoms with van der Waals surface area (Å²) in [4.78, 5) is 40.1. The second-order valence-corrected chi connectivity index (χ2v) is 5.11. The minimum Gasteiger partial charge on any atom is -0.394 e. The van der Waals surface area contributed by atoms with Gasteiger partial charge in [-0.25, -0.2) is 4.79 Å². The van der Waals surface area contributed by atoms with Crippen LogP contribution in [0.5, 0.6) is 0 Å². The van der Waals surface area contributed by atoms with E-state index in [0.29, 0.717) is 10.4 Å². The quantitative estimate of drug-likeness (QED) is 0.0897. The first-order chi connectivity index (χ1) is 11.4. The number of nitrogen functional groups attached to an aromatic ring is 1. The third-order valence-electron chi connectivity index (χ3n) is 2.81. The van der Waals surface area contributed by atoms with Gasteiger partial charge in [0, 0.05) is 22.4 Å². The molecule has 130 valence electrons. The van der Waals surface area contributed by atoms with Crippen LogP contribution in [0.25, 0.3) is 16.5 Å². The summed E-state index contributed by atoms with van der Waals surface area (Å²) in [6.07, 6.45) is 2.15. The van der Waals surface area contributed by atoms with Crippen molar-refractivity contribution < 1.29 is 9.90 Å². The second kappa shape index (κ2) is 9.42. The van der Waals surface area contributed by atoms with Gasteiger partial charge in [0.1, 0.15) is 0 Å². The van der Waals surface area contributed by atoms with E-state index < -0.39 is 23.2 Å². The van der Waals surface area contributed by atoms with Crippen LogP contribution in [0.4, 0.5) is 0 Å². The lowest BCUT2D eigenvalue weighted by Gasteiger charge is -2.12. The molecule has 0 aliphatic heterocycles. The zero-order chi connectivity index (χ0) is 18.1. The first-order valence-corrected chi connectivity index (χ1v) is 7.54. The van der Waals surface area contributed by atoms with Gasteiger partial charge in [-0.15, -0.1) is 0 Å². The molecule has 0 fully saturated rings. The summed E-state index contributed by atoms with van der Waals surface area (Å²) in [7, 11) is 0. The molecule has 0 saturated heterocycles. The number of hydrogen-bond donors (Lipinski definition) is 5. The number of H-pyrrole nitrogens is 1. The maximum Gasteiger partial charge on any atom is 0.347 e. The van der Waals surface area contributed by atoms with Gasteiger partial charge in [0.15, 0.2) is 0 Å². The zero-order valence-corrected chi connectivity index (χ0v) is 13.2. The van der Waals surface area contributed by atoms with Gasteiger partial charge in [-0.1, -0.05) is 17.1 Å². The highest BCUT2D eigenvalue weighted by Crippen LogP contribution is 2.03. The molecule has 1 rings (SSSR count). The number of rotatable bonds is 8. The number of aromatic nitrogens is 2. The van der Waals surface area contributed by atoms with Gasteiger partial charge in [0.2, 0.25) is 5.91 Å². The Morgan fingerprint density at radius 1 is 1.58 bits per heavy atom. The number of nitrogens with zero attached hydrogens (tertiary/aromatic N) is 4. The molecule has 0 aliphatic carbocycles. The van der Waals surface area contributed by atoms with E-state index in [-0.39, 0.29) is 24.4 Å². The fraction of sp³-hybridized carbons (Fsp3) is 0.364. The highest BCUT2D eigenvalue weighted by molar-refractivity contribution is 7.97. The molecule has 0 spiro atoms. The molecule has 0 aromatic carbocycles. The lowest BCUT2D eigenvalue weighted by atomic mass is 10.2. The van der Waals surface area contributed by atoms with Crippen molar-refractivity contribution in [2.75, 3.05) is 18.2 Å². The summed E-state index contributed by atoms with van der Waals surface area (Å²) in [6.45, 7) is -0.605. The SMILES string of the molecule is [N-]=[N+]=NCc1[nH]c(=O)n(N)c(=O)c1/C=C/C(=O)N[C@@H](CO)CSN. The van der Waals surface area contributed by atoms with Gasteiger partial charge in [0.05, 0.1) is 24.8 Å². The first kappa shape index (κ1) is 19.3. The average molecular weight is 356 g/mol. The van der Waals surface area contributed by atoms with Crippen molar-refractivity contribution in [3.63, 3.8) is 0 Å². The first-order valence-electron chi connectivity index (χ1n) is 6.49. The van der Waals surface area contributed by atoms with Gasteiger partial charge in [-0.2, -0.15) is 4.68 Å². The van der Waals surface area contributed by atoms with E-state index in [1.807, 2.05) is 0 Å². The fourth-order valence-electron chi connectivity index (χ4n) is 1.67. The number of aromatic amines is 1. The lowest BCUT2D eigenvalue weighted by Crippen LogP contribution is -2.43. The van der Waals surface area contributed by atoms with Crippen LogP contribution < -0.4 is 27.5 Å². The van der Waals surface area contributed by atoms with E-state index in [9.17, 15) is 14.4 Å². The maximum absolute atomic E-state index is 12.0. The molecule has 0 radical (unpaired) electrons. The largest absolute Gasteiger partial charge is 0.394 e. The highest BCUT2D eigenvalue weighted by Gasteiger charge is 2.12. The van der Waals surface area contributed by atoms with Gasteiger partial charge in [0.25, 0.3) is 5.56 Å². The number of hydrogen-bond acceptors (Lipinski definition) is 8. The van der Waals surface area contributed by atoms with Crippen molar-refractivity contribution in [2.45, 2.75) is 12.6 Å². The van der Waals surface area contributed by atoms with Crippen molar-refractivity contribution in [1.29, 1.82) is 0 Å². The monoisotopic (exact) mass is 356 g/mol. The number of aliphatic hydroxyl groups excluding tert-OH is 1. The fourth-order valence-corrected chi connectivity index (χ4v) is 2.09. The van der Waals surface area contributed by atoms with Crippen LogP contribution in [0, 0.1) is 0 Å². The number of carbonyl (C=O) groups excluding carboxylic acids is 1. The molecule has 1 aromatic heterocycles. The van der Waals surface area contributed by atoms with Crippen LogP contribution in [0.2, 0.25) is 0 Å². The molecule has 7 N–H and O–H groups in total. The lowest BCUT2D eigenvalue weighted by molar-refractivity contribution is -0.117. The Kier molecular flexibility index (Phi) is 7.58. The smallest absolute Gasteiger partial charge is 0.347 e. The maximum atomic E-state index is 12.0. The van der Waals surface area contributed by atoms with Crippen molar-refractivity contribution in [3.05, 3.63) is 48.6 Å². The van der Waals surface area contributed by atoms with Gasteiger partial charge >= 0.3 is 5.69 Å². The molecule has 24 heavy (non-hydrogen) atoms. The number of carbonyl (C=O) groups is 1. The number of aliphatic hydroxyl groups is 1. The summed E-state index contributed by atoms with van der Waals surface area (Å²) in [5, 5.41) is 20.1. The second-order valence-electron chi connectivity index (χ2n) is 4.44. The van der Waals surface area contributed by atoms with Gasteiger partial charge < -0.3 is 21.2 Å². The Morgan fingerprint density at radius 3 is 2.88 bits per heavy atom. The van der Waals surface area contributed by atoms with Crippen LogP contribution in [-0.2, 0) is 11.3 Å². The molecule has 1 heterocycles. The summed E-state index contributed by atoms with van der Waals surface area (Å²) >= 11 is 0.953. The van der Waals surface area contributed by atoms with Crippen LogP contribution in [0.15, 0.2) is 20.8 Å². The van der Waals surface area contributed by atoms with Crippen molar-refractivity contribution in [2.24, 2.45) is 10.3 Å². The summed E-state index contributed by atoms with van der Waals surface area (Å²) in [6, 6.07) is -0.554. The van der Waals surface area contributed by atoms with Crippen LogP contribution in [0.1, 0.15) is 11.3 Å². The molecule has 0 aliphatic rings. The van der Waals surface area contributed by atoms with E-state index in [1.165, 1.54) is 0 Å².